The summed E-state index contributed by atoms with van der Waals surface area (Å²) < 4.78 is 2.31. The molecule has 0 aliphatic rings. The molecule has 0 aliphatic heterocycles. The largest absolute Gasteiger partial charge is 0.309 e. The molecule has 2 heterocycles. The van der Waals surface area contributed by atoms with Crippen LogP contribution in [0.5, 0.6) is 0 Å². The summed E-state index contributed by atoms with van der Waals surface area (Å²) in [5, 5.41) is 2.86. The average Bonchev–Trinajstić information content (AvgIpc) is 3.31. The van der Waals surface area contributed by atoms with Crippen molar-refractivity contribution in [1.82, 2.24) is 14.5 Å². The minimum absolute atomic E-state index is 0.421. The molecule has 0 spiro atoms. The lowest BCUT2D eigenvalue weighted by Crippen LogP contribution is -1.97. The summed E-state index contributed by atoms with van der Waals surface area (Å²) in [6.07, 6.45) is 0. The van der Waals surface area contributed by atoms with E-state index in [4.69, 9.17) is 16.6 Å². The molecule has 0 radical (unpaired) electrons. The smallest absolute Gasteiger partial charge is 0.161 e. The molecule has 3 nitrogen and oxygen atoms in total. The molecular weight excluding hydrogens is 486 g/mol. The van der Waals surface area contributed by atoms with E-state index in [1.165, 1.54) is 21.9 Å². The summed E-state index contributed by atoms with van der Waals surface area (Å²) in [5.41, 5.74) is 8.49. The molecule has 0 atom stereocenters. The van der Waals surface area contributed by atoms with Gasteiger partial charge in [-0.05, 0) is 41.5 Å². The van der Waals surface area contributed by atoms with E-state index >= 15 is 0 Å². The van der Waals surface area contributed by atoms with Crippen LogP contribution in [-0.4, -0.2) is 14.5 Å². The van der Waals surface area contributed by atoms with Crippen LogP contribution in [-0.2, 0) is 0 Å². The van der Waals surface area contributed by atoms with Crippen LogP contribution in [0.15, 0.2) is 133 Å². The van der Waals surface area contributed by atoms with Gasteiger partial charge < -0.3 is 4.57 Å². The third kappa shape index (κ3) is 3.94. The standard InChI is InChI=1S/C34H22ClN3/c35-33-22-30(24-12-5-2-6-13-24)36-34(37-33)26-14-9-15-27(20-26)38-31-17-8-7-16-28(31)29-21-25(18-19-32(29)38)23-10-3-1-4-11-23/h1-22H. The van der Waals surface area contributed by atoms with E-state index in [0.717, 1.165) is 33.5 Å². The number of fused-ring (bicyclic) bond motifs is 3. The number of benzene rings is 5. The Bertz CT molecular complexity index is 1930. The Hall–Kier alpha value is -4.73. The molecule has 7 rings (SSSR count). The SMILES string of the molecule is Clc1cc(-c2ccccc2)nc(-c2cccc(-n3c4ccccc4c4cc(-c5ccccc5)ccc43)c2)n1. The molecular formula is C34H22ClN3. The zero-order valence-electron chi connectivity index (χ0n) is 20.4. The maximum Gasteiger partial charge on any atom is 0.161 e. The molecule has 0 bridgehead atoms. The van der Waals surface area contributed by atoms with Crippen LogP contribution in [0.3, 0.4) is 0 Å². The van der Waals surface area contributed by atoms with Gasteiger partial charge in [0.15, 0.2) is 5.82 Å². The number of para-hydroxylation sites is 1. The van der Waals surface area contributed by atoms with Gasteiger partial charge in [0.05, 0.1) is 16.7 Å². The van der Waals surface area contributed by atoms with Gasteiger partial charge >= 0.3 is 0 Å². The molecule has 180 valence electrons. The minimum atomic E-state index is 0.421. The summed E-state index contributed by atoms with van der Waals surface area (Å²) in [6, 6.07) is 46.0. The van der Waals surface area contributed by atoms with Gasteiger partial charge in [-0.1, -0.05) is 109 Å². The van der Waals surface area contributed by atoms with Crippen molar-refractivity contribution in [2.24, 2.45) is 0 Å². The fourth-order valence-electron chi connectivity index (χ4n) is 5.15. The Morgan fingerprint density at radius 3 is 1.97 bits per heavy atom. The maximum atomic E-state index is 6.45. The van der Waals surface area contributed by atoms with Crippen LogP contribution in [0.2, 0.25) is 5.15 Å². The summed E-state index contributed by atoms with van der Waals surface area (Å²) in [5.74, 6) is 0.602. The lowest BCUT2D eigenvalue weighted by molar-refractivity contribution is 1.16. The monoisotopic (exact) mass is 507 g/mol. The third-order valence-corrected chi connectivity index (χ3v) is 7.10. The second-order valence-corrected chi connectivity index (χ2v) is 9.65. The first-order valence-corrected chi connectivity index (χ1v) is 12.9. The first-order chi connectivity index (χ1) is 18.7. The molecule has 0 fully saturated rings. The van der Waals surface area contributed by atoms with Crippen LogP contribution >= 0.6 is 11.6 Å². The maximum absolute atomic E-state index is 6.45. The van der Waals surface area contributed by atoms with Crippen LogP contribution in [0, 0.1) is 0 Å². The lowest BCUT2D eigenvalue weighted by Gasteiger charge is -2.11. The first kappa shape index (κ1) is 22.5. The predicted molar refractivity (Wildman–Crippen MR) is 158 cm³/mol. The Balaban J connectivity index is 1.40. The fraction of sp³-hybridized carbons (Fsp3) is 0. The van der Waals surface area contributed by atoms with Gasteiger partial charge in [0.1, 0.15) is 5.15 Å². The minimum Gasteiger partial charge on any atom is -0.309 e. The van der Waals surface area contributed by atoms with Gasteiger partial charge in [-0.25, -0.2) is 9.97 Å². The van der Waals surface area contributed by atoms with E-state index < -0.39 is 0 Å². The quantitative estimate of drug-likeness (QED) is 0.222. The first-order valence-electron chi connectivity index (χ1n) is 12.5. The summed E-state index contributed by atoms with van der Waals surface area (Å²) >= 11 is 6.45. The Morgan fingerprint density at radius 1 is 0.474 bits per heavy atom. The zero-order chi connectivity index (χ0) is 25.5. The van der Waals surface area contributed by atoms with Crippen LogP contribution in [0.1, 0.15) is 0 Å². The number of aromatic nitrogens is 3. The van der Waals surface area contributed by atoms with Crippen molar-refractivity contribution in [2.75, 3.05) is 0 Å². The van der Waals surface area contributed by atoms with Crippen LogP contribution < -0.4 is 0 Å². The van der Waals surface area contributed by atoms with E-state index in [1.807, 2.05) is 48.5 Å². The van der Waals surface area contributed by atoms with Crippen molar-refractivity contribution in [3.05, 3.63) is 139 Å². The van der Waals surface area contributed by atoms with Gasteiger partial charge in [0.25, 0.3) is 0 Å². The molecule has 38 heavy (non-hydrogen) atoms. The normalized spacial score (nSPS) is 11.3. The Labute approximate surface area is 225 Å². The number of hydrogen-bond acceptors (Lipinski definition) is 2. The molecule has 0 saturated heterocycles. The molecule has 5 aromatic carbocycles. The number of nitrogens with zero attached hydrogens (tertiary/aromatic N) is 3. The topological polar surface area (TPSA) is 30.7 Å². The highest BCUT2D eigenvalue weighted by atomic mass is 35.5. The van der Waals surface area contributed by atoms with Gasteiger partial charge in [-0.2, -0.15) is 0 Å². The second-order valence-electron chi connectivity index (χ2n) is 9.27. The lowest BCUT2D eigenvalue weighted by atomic mass is 10.0. The Kier molecular flexibility index (Phi) is 5.49. The number of halogens is 1. The van der Waals surface area contributed by atoms with E-state index in [-0.39, 0.29) is 0 Å². The molecule has 0 saturated carbocycles. The van der Waals surface area contributed by atoms with Crippen molar-refractivity contribution < 1.29 is 0 Å². The van der Waals surface area contributed by atoms with Crippen molar-refractivity contribution in [3.63, 3.8) is 0 Å². The van der Waals surface area contributed by atoms with Crippen LogP contribution in [0.4, 0.5) is 0 Å². The number of hydrogen-bond donors (Lipinski definition) is 0. The van der Waals surface area contributed by atoms with Crippen molar-refractivity contribution in [3.8, 4) is 39.5 Å². The van der Waals surface area contributed by atoms with E-state index in [1.54, 1.807) is 0 Å². The van der Waals surface area contributed by atoms with E-state index in [2.05, 4.69) is 94.5 Å². The molecule has 7 aromatic rings. The highest BCUT2D eigenvalue weighted by Crippen LogP contribution is 2.35. The molecule has 0 aliphatic carbocycles. The molecule has 4 heteroatoms. The summed E-state index contributed by atoms with van der Waals surface area (Å²) in [4.78, 5) is 9.43. The van der Waals surface area contributed by atoms with Gasteiger partial charge in [0, 0.05) is 33.7 Å². The predicted octanol–water partition coefficient (Wildman–Crippen LogP) is 9.23. The van der Waals surface area contributed by atoms with Gasteiger partial charge in [0.2, 0.25) is 0 Å². The molecule has 0 N–H and O–H groups in total. The van der Waals surface area contributed by atoms with Gasteiger partial charge in [-0.3, -0.25) is 0 Å². The van der Waals surface area contributed by atoms with Crippen molar-refractivity contribution >= 4 is 33.4 Å². The Morgan fingerprint density at radius 2 is 1.16 bits per heavy atom. The summed E-state index contributed by atoms with van der Waals surface area (Å²) in [7, 11) is 0. The average molecular weight is 508 g/mol. The third-order valence-electron chi connectivity index (χ3n) is 6.91. The molecule has 0 amide bonds. The fourth-order valence-corrected chi connectivity index (χ4v) is 5.33. The van der Waals surface area contributed by atoms with Gasteiger partial charge in [-0.15, -0.1) is 0 Å². The van der Waals surface area contributed by atoms with Crippen LogP contribution in [0.25, 0.3) is 61.3 Å². The molecule has 2 aromatic heterocycles. The highest BCUT2D eigenvalue weighted by Gasteiger charge is 2.15. The number of rotatable bonds is 4. The van der Waals surface area contributed by atoms with E-state index in [9.17, 15) is 0 Å². The second kappa shape index (κ2) is 9.29. The molecule has 0 unspecified atom stereocenters. The van der Waals surface area contributed by atoms with Crippen molar-refractivity contribution in [1.29, 1.82) is 0 Å². The zero-order valence-corrected chi connectivity index (χ0v) is 21.2. The van der Waals surface area contributed by atoms with Crippen molar-refractivity contribution in [2.45, 2.75) is 0 Å². The summed E-state index contributed by atoms with van der Waals surface area (Å²) in [6.45, 7) is 0. The van der Waals surface area contributed by atoms with E-state index in [0.29, 0.717) is 11.0 Å². The highest BCUT2D eigenvalue weighted by molar-refractivity contribution is 6.29.